The van der Waals surface area contributed by atoms with Gasteiger partial charge in [-0.3, -0.25) is 24.2 Å². The number of carbonyl (C=O) groups is 4. The molecule has 4 amide bonds. The number of nitriles is 1. The van der Waals surface area contributed by atoms with Crippen LogP contribution in [0.3, 0.4) is 0 Å². The second-order valence-corrected chi connectivity index (χ2v) is 9.86. The van der Waals surface area contributed by atoms with Crippen LogP contribution in [0.1, 0.15) is 46.5 Å². The van der Waals surface area contributed by atoms with E-state index in [0.717, 1.165) is 24.7 Å². The molecule has 2 aliphatic heterocycles. The van der Waals surface area contributed by atoms with Crippen molar-refractivity contribution in [2.45, 2.75) is 76.3 Å². The molecule has 192 valence electrons. The van der Waals surface area contributed by atoms with Gasteiger partial charge in [-0.05, 0) is 32.1 Å². The number of aliphatic imine (C=N–C) groups is 1. The van der Waals surface area contributed by atoms with E-state index in [1.165, 1.54) is 11.9 Å². The van der Waals surface area contributed by atoms with Crippen molar-refractivity contribution in [1.82, 2.24) is 20.4 Å². The summed E-state index contributed by atoms with van der Waals surface area (Å²) in [6.07, 6.45) is -3.17. The maximum atomic E-state index is 13.6. The number of amidine groups is 1. The Labute approximate surface area is 200 Å². The van der Waals surface area contributed by atoms with Crippen molar-refractivity contribution in [3.63, 3.8) is 0 Å². The monoisotopic (exact) mass is 498 g/mol. The lowest BCUT2D eigenvalue weighted by Crippen LogP contribution is -2.56. The number of nitrogens with one attached hydrogen (secondary N) is 2. The van der Waals surface area contributed by atoms with Gasteiger partial charge in [-0.2, -0.15) is 18.4 Å². The lowest BCUT2D eigenvalue weighted by molar-refractivity contribution is -0.175. The molecule has 2 heterocycles. The SMILES string of the molecule is CC(C)C[C@@H](C(=O)N1C[C@@]2(C[C@H]1C#N)N=C(C1CC1)NC2=O)N(C)C(=O)[C@H](C)NC(=O)C(F)(F)F. The van der Waals surface area contributed by atoms with E-state index < -0.39 is 47.6 Å². The van der Waals surface area contributed by atoms with Crippen molar-refractivity contribution in [3.8, 4) is 6.07 Å². The Kier molecular flexibility index (Phi) is 7.15. The zero-order valence-corrected chi connectivity index (χ0v) is 20.0. The molecule has 0 unspecified atom stereocenters. The van der Waals surface area contributed by atoms with Crippen molar-refractivity contribution >= 4 is 29.5 Å². The van der Waals surface area contributed by atoms with Gasteiger partial charge in [0.1, 0.15) is 24.0 Å². The molecule has 35 heavy (non-hydrogen) atoms. The molecule has 0 radical (unpaired) electrons. The molecule has 2 N–H and O–H groups in total. The van der Waals surface area contributed by atoms with Crippen molar-refractivity contribution in [2.24, 2.45) is 16.8 Å². The summed E-state index contributed by atoms with van der Waals surface area (Å²) in [4.78, 5) is 57.3. The van der Waals surface area contributed by atoms with Crippen LogP contribution < -0.4 is 10.6 Å². The Bertz CT molecular complexity index is 987. The van der Waals surface area contributed by atoms with Crippen LogP contribution in [0.4, 0.5) is 13.2 Å². The van der Waals surface area contributed by atoms with Crippen LogP contribution in [-0.2, 0) is 19.2 Å². The standard InChI is InChI=1S/C22H29F3N6O4/c1-11(2)7-15(30(4)17(32)12(3)27-20(35)22(23,24)25)18(33)31-10-21(8-14(31)9-26)19(34)28-16(29-21)13-5-6-13/h11-15H,5-8,10H2,1-4H3,(H,27,35)(H,28,29,34)/t12-,14-,15-,21+/m0/s1. The zero-order chi connectivity index (χ0) is 26.3. The largest absolute Gasteiger partial charge is 0.471 e. The van der Waals surface area contributed by atoms with Gasteiger partial charge >= 0.3 is 12.1 Å². The fraction of sp³-hybridized carbons (Fsp3) is 0.727. The molecule has 0 aromatic rings. The lowest BCUT2D eigenvalue weighted by atomic mass is 9.97. The molecule has 1 saturated heterocycles. The van der Waals surface area contributed by atoms with Gasteiger partial charge in [-0.25, -0.2) is 0 Å². The minimum Gasteiger partial charge on any atom is -0.337 e. The summed E-state index contributed by atoms with van der Waals surface area (Å²) < 4.78 is 37.8. The number of hydrogen-bond donors (Lipinski definition) is 2. The van der Waals surface area contributed by atoms with Crippen LogP contribution in [0.5, 0.6) is 0 Å². The highest BCUT2D eigenvalue weighted by atomic mass is 19.4. The first-order chi connectivity index (χ1) is 16.2. The fourth-order valence-corrected chi connectivity index (χ4v) is 4.43. The molecule has 4 atom stereocenters. The first-order valence-electron chi connectivity index (χ1n) is 11.5. The highest BCUT2D eigenvalue weighted by Gasteiger charge is 2.56. The van der Waals surface area contributed by atoms with Gasteiger partial charge < -0.3 is 20.4 Å². The molecule has 13 heteroatoms. The first-order valence-corrected chi connectivity index (χ1v) is 11.5. The van der Waals surface area contributed by atoms with Crippen LogP contribution in [0.15, 0.2) is 4.99 Å². The molecule has 10 nitrogen and oxygen atoms in total. The molecule has 1 spiro atoms. The van der Waals surface area contributed by atoms with Gasteiger partial charge in [0.15, 0.2) is 5.54 Å². The molecule has 3 aliphatic rings. The third-order valence-electron chi connectivity index (χ3n) is 6.50. The Morgan fingerprint density at radius 1 is 1.31 bits per heavy atom. The topological polar surface area (TPSA) is 135 Å². The van der Waals surface area contributed by atoms with E-state index in [0.29, 0.717) is 5.84 Å². The number of amides is 4. The number of carbonyl (C=O) groups excluding carboxylic acids is 4. The van der Waals surface area contributed by atoms with E-state index >= 15 is 0 Å². The molecule has 2 fully saturated rings. The molecular weight excluding hydrogens is 469 g/mol. The van der Waals surface area contributed by atoms with E-state index in [1.54, 1.807) is 19.2 Å². The van der Waals surface area contributed by atoms with Gasteiger partial charge in [-0.1, -0.05) is 13.8 Å². The second kappa shape index (κ2) is 9.47. The summed E-state index contributed by atoms with van der Waals surface area (Å²) in [6.45, 7) is 4.57. The van der Waals surface area contributed by atoms with Crippen molar-refractivity contribution in [3.05, 3.63) is 0 Å². The Morgan fingerprint density at radius 2 is 1.94 bits per heavy atom. The van der Waals surface area contributed by atoms with Crippen LogP contribution in [0.2, 0.25) is 0 Å². The van der Waals surface area contributed by atoms with Gasteiger partial charge in [-0.15, -0.1) is 0 Å². The van der Waals surface area contributed by atoms with E-state index in [9.17, 15) is 37.6 Å². The number of alkyl halides is 3. The number of likely N-dealkylation sites (N-methyl/N-ethyl adjacent to an activating group) is 1. The van der Waals surface area contributed by atoms with E-state index in [2.05, 4.69) is 10.3 Å². The highest BCUT2D eigenvalue weighted by molar-refractivity contribution is 6.10. The van der Waals surface area contributed by atoms with Gasteiger partial charge in [0.25, 0.3) is 5.91 Å². The number of halogens is 3. The average Bonchev–Trinajstić information content (AvgIpc) is 3.49. The zero-order valence-electron chi connectivity index (χ0n) is 20.0. The van der Waals surface area contributed by atoms with E-state index in [4.69, 9.17) is 0 Å². The van der Waals surface area contributed by atoms with Crippen molar-refractivity contribution < 1.29 is 32.3 Å². The third-order valence-corrected chi connectivity index (χ3v) is 6.50. The van der Waals surface area contributed by atoms with Crippen molar-refractivity contribution in [1.29, 1.82) is 5.26 Å². The van der Waals surface area contributed by atoms with Crippen molar-refractivity contribution in [2.75, 3.05) is 13.6 Å². The molecule has 0 aromatic heterocycles. The summed E-state index contributed by atoms with van der Waals surface area (Å²) in [5.74, 6) is -3.47. The molecule has 0 bridgehead atoms. The minimum atomic E-state index is -5.16. The molecule has 3 rings (SSSR count). The first kappa shape index (κ1) is 26.4. The summed E-state index contributed by atoms with van der Waals surface area (Å²) in [7, 11) is 1.27. The maximum Gasteiger partial charge on any atom is 0.471 e. The average molecular weight is 499 g/mol. The number of likely N-dealkylation sites (tertiary alicyclic amines) is 1. The fourth-order valence-electron chi connectivity index (χ4n) is 4.43. The summed E-state index contributed by atoms with van der Waals surface area (Å²) >= 11 is 0. The smallest absolute Gasteiger partial charge is 0.337 e. The normalized spacial score (nSPS) is 25.7. The summed E-state index contributed by atoms with van der Waals surface area (Å²) in [5.41, 5.74) is -1.27. The van der Waals surface area contributed by atoms with Gasteiger partial charge in [0, 0.05) is 19.4 Å². The second-order valence-electron chi connectivity index (χ2n) is 9.86. The molecular formula is C22H29F3N6O4. The van der Waals surface area contributed by atoms with Crippen LogP contribution >= 0.6 is 0 Å². The van der Waals surface area contributed by atoms with Crippen LogP contribution in [0.25, 0.3) is 0 Å². The Balaban J connectivity index is 1.81. The number of rotatable bonds is 7. The predicted octanol–water partition coefficient (Wildman–Crippen LogP) is 0.728. The van der Waals surface area contributed by atoms with E-state index in [-0.39, 0.29) is 37.1 Å². The number of nitrogens with zero attached hydrogens (tertiary/aromatic N) is 4. The Hall–Kier alpha value is -3.17. The van der Waals surface area contributed by atoms with E-state index in [1.807, 2.05) is 6.07 Å². The third kappa shape index (κ3) is 5.41. The molecule has 1 aliphatic carbocycles. The van der Waals surface area contributed by atoms with Crippen LogP contribution in [-0.4, -0.2) is 82.7 Å². The molecule has 1 saturated carbocycles. The maximum absolute atomic E-state index is 13.6. The Morgan fingerprint density at radius 3 is 2.46 bits per heavy atom. The van der Waals surface area contributed by atoms with Gasteiger partial charge in [0.2, 0.25) is 11.8 Å². The summed E-state index contributed by atoms with van der Waals surface area (Å²) in [5, 5.41) is 14.1. The predicted molar refractivity (Wildman–Crippen MR) is 116 cm³/mol. The minimum absolute atomic E-state index is 0.0153. The highest BCUT2D eigenvalue weighted by Crippen LogP contribution is 2.39. The summed E-state index contributed by atoms with van der Waals surface area (Å²) in [6, 6.07) is -1.58. The lowest BCUT2D eigenvalue weighted by Gasteiger charge is -2.34. The van der Waals surface area contributed by atoms with Gasteiger partial charge in [0.05, 0.1) is 12.6 Å². The number of hydrogen-bond acceptors (Lipinski definition) is 6. The van der Waals surface area contributed by atoms with Crippen LogP contribution in [0, 0.1) is 23.2 Å². The molecule has 0 aromatic carbocycles. The quantitative estimate of drug-likeness (QED) is 0.534.